The first-order chi connectivity index (χ1) is 9.97. The molecule has 1 N–H and O–H groups in total. The SMILES string of the molecule is CC(C)c1ccc(COc2ccc(F)cc2[C@H](C)O)cc1. The molecule has 0 spiro atoms. The van der Waals surface area contributed by atoms with Crippen LogP contribution in [0.15, 0.2) is 42.5 Å². The number of benzene rings is 2. The van der Waals surface area contributed by atoms with Gasteiger partial charge in [-0.2, -0.15) is 0 Å². The molecule has 0 saturated heterocycles. The van der Waals surface area contributed by atoms with Crippen molar-refractivity contribution in [2.24, 2.45) is 0 Å². The summed E-state index contributed by atoms with van der Waals surface area (Å²) in [6.07, 6.45) is -0.765. The molecule has 2 aromatic carbocycles. The Hall–Kier alpha value is -1.87. The van der Waals surface area contributed by atoms with E-state index in [4.69, 9.17) is 4.74 Å². The number of rotatable bonds is 5. The zero-order valence-corrected chi connectivity index (χ0v) is 12.6. The molecule has 21 heavy (non-hydrogen) atoms. The summed E-state index contributed by atoms with van der Waals surface area (Å²) >= 11 is 0. The lowest BCUT2D eigenvalue weighted by molar-refractivity contribution is 0.189. The monoisotopic (exact) mass is 288 g/mol. The molecule has 0 fully saturated rings. The fourth-order valence-corrected chi connectivity index (χ4v) is 2.14. The summed E-state index contributed by atoms with van der Waals surface area (Å²) in [4.78, 5) is 0. The normalized spacial score (nSPS) is 12.5. The molecule has 0 aliphatic rings. The molecular formula is C18H21FO2. The molecule has 2 rings (SSSR count). The largest absolute Gasteiger partial charge is 0.489 e. The highest BCUT2D eigenvalue weighted by Crippen LogP contribution is 2.27. The van der Waals surface area contributed by atoms with Gasteiger partial charge >= 0.3 is 0 Å². The van der Waals surface area contributed by atoms with Crippen molar-refractivity contribution in [1.82, 2.24) is 0 Å². The summed E-state index contributed by atoms with van der Waals surface area (Å²) in [7, 11) is 0. The van der Waals surface area contributed by atoms with E-state index in [2.05, 4.69) is 26.0 Å². The van der Waals surface area contributed by atoms with Crippen LogP contribution in [0.2, 0.25) is 0 Å². The van der Waals surface area contributed by atoms with Crippen molar-refractivity contribution in [3.05, 3.63) is 65.0 Å². The third kappa shape index (κ3) is 4.05. The van der Waals surface area contributed by atoms with Crippen molar-refractivity contribution >= 4 is 0 Å². The van der Waals surface area contributed by atoms with E-state index in [1.54, 1.807) is 13.0 Å². The summed E-state index contributed by atoms with van der Waals surface area (Å²) < 4.78 is 18.9. The lowest BCUT2D eigenvalue weighted by Gasteiger charge is -2.14. The fourth-order valence-electron chi connectivity index (χ4n) is 2.14. The Morgan fingerprint density at radius 1 is 1.05 bits per heavy atom. The van der Waals surface area contributed by atoms with Crippen LogP contribution in [0.3, 0.4) is 0 Å². The van der Waals surface area contributed by atoms with Crippen LogP contribution in [0.5, 0.6) is 5.75 Å². The minimum atomic E-state index is -0.765. The van der Waals surface area contributed by atoms with E-state index in [0.29, 0.717) is 23.8 Å². The van der Waals surface area contributed by atoms with E-state index >= 15 is 0 Å². The molecule has 2 nitrogen and oxygen atoms in total. The zero-order valence-electron chi connectivity index (χ0n) is 12.6. The maximum absolute atomic E-state index is 13.2. The molecule has 0 aliphatic carbocycles. The van der Waals surface area contributed by atoms with Crippen LogP contribution < -0.4 is 4.74 Å². The van der Waals surface area contributed by atoms with E-state index in [0.717, 1.165) is 5.56 Å². The van der Waals surface area contributed by atoms with E-state index in [9.17, 15) is 9.50 Å². The average molecular weight is 288 g/mol. The summed E-state index contributed by atoms with van der Waals surface area (Å²) in [6.45, 7) is 6.29. The maximum atomic E-state index is 13.2. The molecule has 0 saturated carbocycles. The Labute approximate surface area is 125 Å². The smallest absolute Gasteiger partial charge is 0.125 e. The topological polar surface area (TPSA) is 29.5 Å². The first kappa shape index (κ1) is 15.5. The van der Waals surface area contributed by atoms with Crippen LogP contribution in [0, 0.1) is 5.82 Å². The molecule has 0 amide bonds. The highest BCUT2D eigenvalue weighted by atomic mass is 19.1. The van der Waals surface area contributed by atoms with E-state index in [1.807, 2.05) is 12.1 Å². The summed E-state index contributed by atoms with van der Waals surface area (Å²) in [6, 6.07) is 12.4. The van der Waals surface area contributed by atoms with Crippen molar-refractivity contribution in [3.63, 3.8) is 0 Å². The van der Waals surface area contributed by atoms with Gasteiger partial charge < -0.3 is 9.84 Å². The minimum absolute atomic E-state index is 0.375. The van der Waals surface area contributed by atoms with E-state index in [1.165, 1.54) is 17.7 Å². The van der Waals surface area contributed by atoms with Gasteiger partial charge in [-0.3, -0.25) is 0 Å². The second kappa shape index (κ2) is 6.72. The Balaban J connectivity index is 2.09. The predicted molar refractivity (Wildman–Crippen MR) is 81.9 cm³/mol. The Morgan fingerprint density at radius 3 is 2.29 bits per heavy atom. The van der Waals surface area contributed by atoms with Gasteiger partial charge in [-0.05, 0) is 42.2 Å². The van der Waals surface area contributed by atoms with Crippen LogP contribution in [-0.2, 0) is 6.61 Å². The molecule has 112 valence electrons. The molecule has 0 aromatic heterocycles. The number of halogens is 1. The first-order valence-corrected chi connectivity index (χ1v) is 7.16. The van der Waals surface area contributed by atoms with Gasteiger partial charge in [-0.25, -0.2) is 4.39 Å². The highest BCUT2D eigenvalue weighted by molar-refractivity contribution is 5.36. The molecule has 0 aliphatic heterocycles. The van der Waals surface area contributed by atoms with Gasteiger partial charge in [0.1, 0.15) is 18.2 Å². The Morgan fingerprint density at radius 2 is 1.71 bits per heavy atom. The third-order valence-electron chi connectivity index (χ3n) is 3.46. The van der Waals surface area contributed by atoms with Gasteiger partial charge in [0.15, 0.2) is 0 Å². The molecule has 2 aromatic rings. The molecule has 0 radical (unpaired) electrons. The third-order valence-corrected chi connectivity index (χ3v) is 3.46. The second-order valence-corrected chi connectivity index (χ2v) is 5.54. The molecule has 0 heterocycles. The molecule has 0 bridgehead atoms. The van der Waals surface area contributed by atoms with Gasteiger partial charge in [0.05, 0.1) is 6.10 Å². The van der Waals surface area contributed by atoms with Crippen LogP contribution >= 0.6 is 0 Å². The van der Waals surface area contributed by atoms with Crippen molar-refractivity contribution in [3.8, 4) is 5.75 Å². The number of ether oxygens (including phenoxy) is 1. The van der Waals surface area contributed by atoms with E-state index in [-0.39, 0.29) is 5.82 Å². The van der Waals surface area contributed by atoms with Crippen LogP contribution in [0.25, 0.3) is 0 Å². The fraction of sp³-hybridized carbons (Fsp3) is 0.333. The number of hydrogen-bond acceptors (Lipinski definition) is 2. The lowest BCUT2D eigenvalue weighted by atomic mass is 10.0. The Bertz CT molecular complexity index is 589. The molecule has 3 heteroatoms. The van der Waals surface area contributed by atoms with Gasteiger partial charge in [0.25, 0.3) is 0 Å². The first-order valence-electron chi connectivity index (χ1n) is 7.16. The highest BCUT2D eigenvalue weighted by Gasteiger charge is 2.11. The van der Waals surface area contributed by atoms with Crippen molar-refractivity contribution in [2.45, 2.75) is 39.4 Å². The molecule has 0 unspecified atom stereocenters. The average Bonchev–Trinajstić information content (AvgIpc) is 2.46. The van der Waals surface area contributed by atoms with Gasteiger partial charge in [0, 0.05) is 5.56 Å². The van der Waals surface area contributed by atoms with Crippen molar-refractivity contribution in [1.29, 1.82) is 0 Å². The van der Waals surface area contributed by atoms with Crippen LogP contribution in [0.4, 0.5) is 4.39 Å². The van der Waals surface area contributed by atoms with Gasteiger partial charge in [-0.1, -0.05) is 38.1 Å². The van der Waals surface area contributed by atoms with E-state index < -0.39 is 6.10 Å². The summed E-state index contributed by atoms with van der Waals surface area (Å²) in [5, 5.41) is 9.68. The number of hydrogen-bond donors (Lipinski definition) is 1. The second-order valence-electron chi connectivity index (χ2n) is 5.54. The van der Waals surface area contributed by atoms with Crippen molar-refractivity contribution < 1.29 is 14.2 Å². The summed E-state index contributed by atoms with van der Waals surface area (Å²) in [5.41, 5.74) is 2.79. The zero-order chi connectivity index (χ0) is 15.4. The Kier molecular flexibility index (Phi) is 4.97. The lowest BCUT2D eigenvalue weighted by Crippen LogP contribution is -2.02. The minimum Gasteiger partial charge on any atom is -0.489 e. The van der Waals surface area contributed by atoms with Crippen LogP contribution in [0.1, 0.15) is 49.5 Å². The maximum Gasteiger partial charge on any atom is 0.125 e. The molecule has 1 atom stereocenters. The predicted octanol–water partition coefficient (Wildman–Crippen LogP) is 4.58. The number of aliphatic hydroxyl groups is 1. The standard InChI is InChI=1S/C18H21FO2/c1-12(2)15-6-4-14(5-7-15)11-21-18-9-8-16(19)10-17(18)13(3)20/h4-10,12-13,20H,11H2,1-3H3/t13-/m0/s1. The van der Waals surface area contributed by atoms with Crippen molar-refractivity contribution in [2.75, 3.05) is 0 Å². The summed E-state index contributed by atoms with van der Waals surface area (Å²) in [5.74, 6) is 0.637. The number of aliphatic hydroxyl groups excluding tert-OH is 1. The van der Waals surface area contributed by atoms with Gasteiger partial charge in [-0.15, -0.1) is 0 Å². The quantitative estimate of drug-likeness (QED) is 0.872. The molecular weight excluding hydrogens is 267 g/mol. The van der Waals surface area contributed by atoms with Gasteiger partial charge in [0.2, 0.25) is 0 Å². The van der Waals surface area contributed by atoms with Crippen LogP contribution in [-0.4, -0.2) is 5.11 Å².